The summed E-state index contributed by atoms with van der Waals surface area (Å²) in [6.07, 6.45) is 8.11. The Morgan fingerprint density at radius 2 is 1.95 bits per heavy atom. The van der Waals surface area contributed by atoms with Crippen molar-refractivity contribution in [3.63, 3.8) is 0 Å². The van der Waals surface area contributed by atoms with Crippen LogP contribution in [0.15, 0.2) is 30.5 Å². The van der Waals surface area contributed by atoms with Gasteiger partial charge < -0.3 is 20.1 Å². The lowest BCUT2D eigenvalue weighted by molar-refractivity contribution is 0.108. The lowest BCUT2D eigenvalue weighted by Crippen LogP contribution is -2.43. The molecule has 4 saturated heterocycles. The third-order valence-corrected chi connectivity index (χ3v) is 10.4. The number of phenols is 1. The van der Waals surface area contributed by atoms with E-state index in [0.29, 0.717) is 35.2 Å². The Morgan fingerprint density at radius 1 is 1.12 bits per heavy atom. The van der Waals surface area contributed by atoms with Gasteiger partial charge in [0.25, 0.3) is 0 Å². The molecule has 8 nitrogen and oxygen atoms in total. The van der Waals surface area contributed by atoms with Gasteiger partial charge in [-0.2, -0.15) is 9.97 Å². The van der Waals surface area contributed by atoms with Gasteiger partial charge >= 0.3 is 6.01 Å². The van der Waals surface area contributed by atoms with E-state index >= 15 is 4.39 Å². The van der Waals surface area contributed by atoms with Crippen molar-refractivity contribution < 1.29 is 18.6 Å². The maximum atomic E-state index is 16.7. The molecule has 4 aliphatic heterocycles. The van der Waals surface area contributed by atoms with Gasteiger partial charge in [0.2, 0.25) is 0 Å². The first kappa shape index (κ1) is 27.2. The molecule has 4 aliphatic rings. The maximum absolute atomic E-state index is 16.7. The molecule has 4 aromatic rings. The summed E-state index contributed by atoms with van der Waals surface area (Å²) in [4.78, 5) is 18.7. The zero-order valence-electron chi connectivity index (χ0n) is 23.8. The number of benzene rings is 2. The van der Waals surface area contributed by atoms with Gasteiger partial charge in [0.1, 0.15) is 35.2 Å². The molecule has 2 bridgehead atoms. The zero-order chi connectivity index (χ0) is 29.3. The number of anilines is 1. The summed E-state index contributed by atoms with van der Waals surface area (Å²) in [5, 5.41) is 15.1. The number of nitrogens with one attached hydrogen (secondary N) is 1. The quantitative estimate of drug-likeness (QED) is 0.300. The fraction of sp³-hybridized carbons (Fsp3) is 0.469. The molecular weight excluding hydrogens is 574 g/mol. The average Bonchev–Trinajstić information content (AvgIpc) is 3.67. The lowest BCUT2D eigenvalue weighted by atomic mass is 9.95. The summed E-state index contributed by atoms with van der Waals surface area (Å²) in [5.41, 5.74) is 0.158. The Balaban J connectivity index is 1.27. The summed E-state index contributed by atoms with van der Waals surface area (Å²) in [6.45, 7) is 5.16. The Bertz CT molecular complexity index is 1750. The topological polar surface area (TPSA) is 86.6 Å². The molecule has 224 valence electrons. The molecule has 0 radical (unpaired) electrons. The van der Waals surface area contributed by atoms with Crippen molar-refractivity contribution in [2.75, 3.05) is 44.2 Å². The highest BCUT2D eigenvalue weighted by atomic mass is 35.5. The van der Waals surface area contributed by atoms with Crippen LogP contribution in [0.2, 0.25) is 5.02 Å². The molecule has 0 spiro atoms. The van der Waals surface area contributed by atoms with Crippen LogP contribution in [0.1, 0.15) is 38.5 Å². The number of hydrogen-bond acceptors (Lipinski definition) is 8. The molecule has 2 aromatic carbocycles. The first-order valence-corrected chi connectivity index (χ1v) is 15.6. The van der Waals surface area contributed by atoms with E-state index < -0.39 is 11.6 Å². The van der Waals surface area contributed by atoms with Crippen LogP contribution in [0.25, 0.3) is 32.9 Å². The molecule has 2 aromatic heterocycles. The fourth-order valence-electron chi connectivity index (χ4n) is 7.89. The van der Waals surface area contributed by atoms with Crippen LogP contribution in [0.5, 0.6) is 11.8 Å². The van der Waals surface area contributed by atoms with Gasteiger partial charge in [-0.05, 0) is 87.7 Å². The fourth-order valence-corrected chi connectivity index (χ4v) is 8.17. The molecule has 0 amide bonds. The van der Waals surface area contributed by atoms with E-state index in [-0.39, 0.29) is 44.5 Å². The van der Waals surface area contributed by atoms with Crippen molar-refractivity contribution >= 4 is 39.1 Å². The number of nitrogens with zero attached hydrogens (tertiary/aromatic N) is 5. The van der Waals surface area contributed by atoms with Crippen molar-refractivity contribution in [2.45, 2.75) is 50.1 Å². The second kappa shape index (κ2) is 10.4. The van der Waals surface area contributed by atoms with E-state index in [1.165, 1.54) is 24.3 Å². The molecular formula is C32H33ClF2N6O2. The number of fused-ring (bicyclic) bond motifs is 5. The van der Waals surface area contributed by atoms with E-state index in [1.54, 1.807) is 6.20 Å². The SMILES string of the molecule is Oc1cc(-c2ncc3c(N4CCC5CNC(C5)C4)nc(OCC45CCCN4CCC5)nc3c2F)c2c(Cl)c(F)ccc2c1. The Morgan fingerprint density at radius 3 is 2.79 bits per heavy atom. The van der Waals surface area contributed by atoms with Crippen LogP contribution < -0.4 is 15.0 Å². The predicted molar refractivity (Wildman–Crippen MR) is 162 cm³/mol. The number of ether oxygens (including phenoxy) is 1. The van der Waals surface area contributed by atoms with Crippen molar-refractivity contribution in [1.82, 2.24) is 25.2 Å². The standard InChI is InChI=1S/C32H33ClF2N6O2/c33-26-24(34)4-3-19-12-21(42)13-22(25(19)26)28-27(35)29-23(15-37-28)30(40-10-5-18-11-20(16-40)36-14-18)39-31(38-29)43-17-32-6-1-8-41(32)9-2-7-32/h3-4,12-13,15,18,20,36,42H,1-2,5-11,14,16-17H2. The number of pyridine rings is 1. The van der Waals surface area contributed by atoms with Gasteiger partial charge in [-0.25, -0.2) is 8.78 Å². The average molecular weight is 607 g/mol. The maximum Gasteiger partial charge on any atom is 0.319 e. The van der Waals surface area contributed by atoms with E-state index in [0.717, 1.165) is 71.2 Å². The molecule has 0 saturated carbocycles. The molecule has 4 fully saturated rings. The predicted octanol–water partition coefficient (Wildman–Crippen LogP) is 5.68. The Kier molecular flexibility index (Phi) is 6.58. The van der Waals surface area contributed by atoms with Crippen LogP contribution in [-0.2, 0) is 0 Å². The summed E-state index contributed by atoms with van der Waals surface area (Å²) in [7, 11) is 0. The normalized spacial score (nSPS) is 23.3. The number of rotatable bonds is 5. The number of phenolic OH excluding ortho intramolecular Hbond substituents is 1. The molecule has 6 heterocycles. The van der Waals surface area contributed by atoms with Gasteiger partial charge in [0.15, 0.2) is 5.82 Å². The summed E-state index contributed by atoms with van der Waals surface area (Å²) in [5.74, 6) is -0.236. The van der Waals surface area contributed by atoms with Gasteiger partial charge in [-0.1, -0.05) is 17.7 Å². The first-order chi connectivity index (χ1) is 20.9. The van der Waals surface area contributed by atoms with Crippen molar-refractivity contribution in [2.24, 2.45) is 5.92 Å². The van der Waals surface area contributed by atoms with E-state index in [4.69, 9.17) is 21.3 Å². The third kappa shape index (κ3) is 4.57. The summed E-state index contributed by atoms with van der Waals surface area (Å²) < 4.78 is 37.6. The first-order valence-electron chi connectivity index (χ1n) is 15.2. The monoisotopic (exact) mass is 606 g/mol. The Labute approximate surface area is 253 Å². The molecule has 2 unspecified atom stereocenters. The van der Waals surface area contributed by atoms with Crippen molar-refractivity contribution in [3.05, 3.63) is 47.1 Å². The van der Waals surface area contributed by atoms with Crippen LogP contribution in [0.4, 0.5) is 14.6 Å². The van der Waals surface area contributed by atoms with Gasteiger partial charge in [0.05, 0.1) is 15.9 Å². The Hall–Kier alpha value is -3.34. The van der Waals surface area contributed by atoms with Crippen LogP contribution in [0, 0.1) is 17.6 Å². The molecule has 0 aliphatic carbocycles. The number of halogens is 3. The highest BCUT2D eigenvalue weighted by Gasteiger charge is 2.45. The summed E-state index contributed by atoms with van der Waals surface area (Å²) >= 11 is 6.38. The summed E-state index contributed by atoms with van der Waals surface area (Å²) in [6, 6.07) is 6.01. The third-order valence-electron chi connectivity index (χ3n) is 10.0. The number of hydrogen-bond donors (Lipinski definition) is 2. The lowest BCUT2D eigenvalue weighted by Gasteiger charge is -2.31. The van der Waals surface area contributed by atoms with Crippen molar-refractivity contribution in [1.29, 1.82) is 0 Å². The molecule has 43 heavy (non-hydrogen) atoms. The minimum Gasteiger partial charge on any atom is -0.508 e. The number of aromatic hydroxyl groups is 1. The van der Waals surface area contributed by atoms with E-state index in [1.807, 2.05) is 0 Å². The van der Waals surface area contributed by atoms with Crippen LogP contribution in [0.3, 0.4) is 0 Å². The van der Waals surface area contributed by atoms with Gasteiger partial charge in [-0.15, -0.1) is 0 Å². The highest BCUT2D eigenvalue weighted by molar-refractivity contribution is 6.37. The largest absolute Gasteiger partial charge is 0.508 e. The smallest absolute Gasteiger partial charge is 0.319 e. The van der Waals surface area contributed by atoms with Crippen LogP contribution in [-0.4, -0.2) is 75.9 Å². The van der Waals surface area contributed by atoms with Crippen molar-refractivity contribution in [3.8, 4) is 23.0 Å². The van der Waals surface area contributed by atoms with E-state index in [9.17, 15) is 9.50 Å². The highest BCUT2D eigenvalue weighted by Crippen LogP contribution is 2.42. The number of aromatic nitrogens is 3. The minimum atomic E-state index is -0.700. The molecule has 8 rings (SSSR count). The molecule has 2 atom stereocenters. The molecule has 11 heteroatoms. The minimum absolute atomic E-state index is 0.0204. The van der Waals surface area contributed by atoms with Gasteiger partial charge in [0, 0.05) is 36.3 Å². The van der Waals surface area contributed by atoms with E-state index in [2.05, 4.69) is 25.1 Å². The van der Waals surface area contributed by atoms with Crippen LogP contribution >= 0.6 is 11.6 Å². The second-order valence-corrected chi connectivity index (χ2v) is 13.0. The zero-order valence-corrected chi connectivity index (χ0v) is 24.5. The second-order valence-electron chi connectivity index (χ2n) is 12.6. The molecule has 2 N–H and O–H groups in total. The van der Waals surface area contributed by atoms with Gasteiger partial charge in [-0.3, -0.25) is 9.88 Å².